The van der Waals surface area contributed by atoms with Crippen molar-refractivity contribution in [3.63, 3.8) is 0 Å². The van der Waals surface area contributed by atoms with Crippen molar-refractivity contribution in [1.29, 1.82) is 5.26 Å². The fourth-order valence-electron chi connectivity index (χ4n) is 1.79. The second-order valence-corrected chi connectivity index (χ2v) is 4.70. The SMILES string of the molecule is N#Cc1ccc(Cl)cc1NCc1cc(C(=O)O)ccc1F. The molecular formula is C15H10ClFN2O2. The lowest BCUT2D eigenvalue weighted by Gasteiger charge is -2.10. The number of hydrogen-bond donors (Lipinski definition) is 2. The Kier molecular flexibility index (Phi) is 4.41. The fraction of sp³-hybridized carbons (Fsp3) is 0.0667. The van der Waals surface area contributed by atoms with Gasteiger partial charge < -0.3 is 10.4 Å². The molecule has 2 N–H and O–H groups in total. The van der Waals surface area contributed by atoms with E-state index in [1.54, 1.807) is 18.2 Å². The lowest BCUT2D eigenvalue weighted by Crippen LogP contribution is -2.06. The summed E-state index contributed by atoms with van der Waals surface area (Å²) in [4.78, 5) is 10.9. The Bertz CT molecular complexity index is 741. The van der Waals surface area contributed by atoms with Crippen LogP contribution in [0.4, 0.5) is 10.1 Å². The highest BCUT2D eigenvalue weighted by Crippen LogP contribution is 2.21. The minimum absolute atomic E-state index is 0.000184. The first-order chi connectivity index (χ1) is 10.0. The number of rotatable bonds is 4. The third-order valence-corrected chi connectivity index (χ3v) is 3.10. The lowest BCUT2D eigenvalue weighted by atomic mass is 10.1. The quantitative estimate of drug-likeness (QED) is 0.904. The number of aromatic carboxylic acids is 1. The van der Waals surface area contributed by atoms with Crippen LogP contribution in [0.3, 0.4) is 0 Å². The first-order valence-electron chi connectivity index (χ1n) is 5.96. The van der Waals surface area contributed by atoms with Crippen molar-refractivity contribution in [2.24, 2.45) is 0 Å². The zero-order valence-corrected chi connectivity index (χ0v) is 11.5. The van der Waals surface area contributed by atoms with Crippen molar-refractivity contribution in [3.8, 4) is 6.07 Å². The molecule has 2 rings (SSSR count). The molecule has 21 heavy (non-hydrogen) atoms. The molecular weight excluding hydrogens is 295 g/mol. The molecule has 6 heteroatoms. The predicted octanol–water partition coefficient (Wildman–Crippen LogP) is 3.66. The van der Waals surface area contributed by atoms with E-state index in [1.165, 1.54) is 12.1 Å². The van der Waals surface area contributed by atoms with Crippen molar-refractivity contribution in [2.45, 2.75) is 6.54 Å². The second-order valence-electron chi connectivity index (χ2n) is 4.27. The van der Waals surface area contributed by atoms with Gasteiger partial charge in [0.05, 0.1) is 16.8 Å². The van der Waals surface area contributed by atoms with E-state index in [0.717, 1.165) is 6.07 Å². The highest BCUT2D eigenvalue weighted by Gasteiger charge is 2.09. The molecule has 2 aromatic carbocycles. The van der Waals surface area contributed by atoms with Crippen molar-refractivity contribution in [1.82, 2.24) is 0 Å². The number of carboxylic acid groups (broad SMARTS) is 1. The Morgan fingerprint density at radius 1 is 1.33 bits per heavy atom. The molecule has 0 aliphatic heterocycles. The Balaban J connectivity index is 2.24. The van der Waals surface area contributed by atoms with Gasteiger partial charge in [-0.05, 0) is 36.4 Å². The largest absolute Gasteiger partial charge is 0.478 e. The van der Waals surface area contributed by atoms with Crippen LogP contribution in [0.5, 0.6) is 0 Å². The van der Waals surface area contributed by atoms with Gasteiger partial charge in [0.1, 0.15) is 11.9 Å². The van der Waals surface area contributed by atoms with Gasteiger partial charge in [0, 0.05) is 17.1 Å². The maximum Gasteiger partial charge on any atom is 0.335 e. The number of carbonyl (C=O) groups is 1. The van der Waals surface area contributed by atoms with Crippen molar-refractivity contribution in [3.05, 3.63) is 63.9 Å². The summed E-state index contributed by atoms with van der Waals surface area (Å²) in [5.41, 5.74) is 1.03. The van der Waals surface area contributed by atoms with Crippen LogP contribution in [0.1, 0.15) is 21.5 Å². The van der Waals surface area contributed by atoms with E-state index in [1.807, 2.05) is 6.07 Å². The predicted molar refractivity (Wildman–Crippen MR) is 76.9 cm³/mol. The average molecular weight is 305 g/mol. The topological polar surface area (TPSA) is 73.1 Å². The summed E-state index contributed by atoms with van der Waals surface area (Å²) in [6, 6.07) is 10.2. The Hall–Kier alpha value is -2.58. The van der Waals surface area contributed by atoms with Gasteiger partial charge in [0.25, 0.3) is 0 Å². The van der Waals surface area contributed by atoms with Crippen molar-refractivity contribution >= 4 is 23.3 Å². The van der Waals surface area contributed by atoms with Gasteiger partial charge in [-0.3, -0.25) is 0 Å². The molecule has 0 bridgehead atoms. The number of benzene rings is 2. The zero-order valence-electron chi connectivity index (χ0n) is 10.7. The molecule has 0 aliphatic carbocycles. The highest BCUT2D eigenvalue weighted by molar-refractivity contribution is 6.30. The summed E-state index contributed by atoms with van der Waals surface area (Å²) in [5, 5.41) is 21.2. The van der Waals surface area contributed by atoms with Crippen LogP contribution in [-0.2, 0) is 6.54 Å². The van der Waals surface area contributed by atoms with Crippen molar-refractivity contribution < 1.29 is 14.3 Å². The second kappa shape index (κ2) is 6.25. The van der Waals surface area contributed by atoms with E-state index >= 15 is 0 Å². The number of anilines is 1. The summed E-state index contributed by atoms with van der Waals surface area (Å²) in [5.74, 6) is -1.65. The number of nitriles is 1. The zero-order chi connectivity index (χ0) is 15.4. The van der Waals surface area contributed by atoms with E-state index in [2.05, 4.69) is 5.32 Å². The van der Waals surface area contributed by atoms with E-state index in [-0.39, 0.29) is 17.7 Å². The summed E-state index contributed by atoms with van der Waals surface area (Å²) in [6.07, 6.45) is 0. The van der Waals surface area contributed by atoms with Crippen LogP contribution in [0, 0.1) is 17.1 Å². The number of hydrogen-bond acceptors (Lipinski definition) is 3. The van der Waals surface area contributed by atoms with Gasteiger partial charge in [-0.25, -0.2) is 9.18 Å². The minimum Gasteiger partial charge on any atom is -0.478 e. The first-order valence-corrected chi connectivity index (χ1v) is 6.34. The molecule has 0 radical (unpaired) electrons. The van der Waals surface area contributed by atoms with Gasteiger partial charge in [-0.15, -0.1) is 0 Å². The number of carboxylic acids is 1. The first kappa shape index (κ1) is 14.8. The molecule has 0 spiro atoms. The number of halogens is 2. The fourth-order valence-corrected chi connectivity index (χ4v) is 1.97. The molecule has 0 amide bonds. The monoisotopic (exact) mass is 304 g/mol. The molecule has 2 aromatic rings. The summed E-state index contributed by atoms with van der Waals surface area (Å²) >= 11 is 5.85. The standard InChI is InChI=1S/C15H10ClFN2O2/c16-12-3-1-10(7-18)14(6-12)19-8-11-5-9(15(20)21)2-4-13(11)17/h1-6,19H,8H2,(H,20,21). The third kappa shape index (κ3) is 3.50. The Morgan fingerprint density at radius 2 is 2.10 bits per heavy atom. The lowest BCUT2D eigenvalue weighted by molar-refractivity contribution is 0.0696. The van der Waals surface area contributed by atoms with Crippen LogP contribution >= 0.6 is 11.6 Å². The van der Waals surface area contributed by atoms with E-state index < -0.39 is 11.8 Å². The molecule has 0 saturated carbocycles. The molecule has 0 atom stereocenters. The molecule has 0 aromatic heterocycles. The van der Waals surface area contributed by atoms with E-state index in [4.69, 9.17) is 22.0 Å². The van der Waals surface area contributed by atoms with Gasteiger partial charge >= 0.3 is 5.97 Å². The van der Waals surface area contributed by atoms with Gasteiger partial charge in [0.15, 0.2) is 0 Å². The van der Waals surface area contributed by atoms with Gasteiger partial charge in [-0.2, -0.15) is 5.26 Å². The summed E-state index contributed by atoms with van der Waals surface area (Å²) in [6.45, 7) is 0.0436. The van der Waals surface area contributed by atoms with Gasteiger partial charge in [0.2, 0.25) is 0 Å². The summed E-state index contributed by atoms with van der Waals surface area (Å²) < 4.78 is 13.7. The normalized spacial score (nSPS) is 9.95. The molecule has 0 saturated heterocycles. The van der Waals surface area contributed by atoms with Crippen LogP contribution in [0.2, 0.25) is 5.02 Å². The molecule has 4 nitrogen and oxygen atoms in total. The highest BCUT2D eigenvalue weighted by atomic mass is 35.5. The van der Waals surface area contributed by atoms with Crippen LogP contribution in [0.15, 0.2) is 36.4 Å². The Labute approximate surface area is 125 Å². The smallest absolute Gasteiger partial charge is 0.335 e. The minimum atomic E-state index is -1.13. The average Bonchev–Trinajstić information content (AvgIpc) is 2.46. The van der Waals surface area contributed by atoms with Gasteiger partial charge in [-0.1, -0.05) is 11.6 Å². The number of nitrogens with zero attached hydrogens (tertiary/aromatic N) is 1. The van der Waals surface area contributed by atoms with E-state index in [0.29, 0.717) is 16.3 Å². The maximum atomic E-state index is 13.7. The molecule has 0 aliphatic rings. The Morgan fingerprint density at radius 3 is 2.76 bits per heavy atom. The van der Waals surface area contributed by atoms with E-state index in [9.17, 15) is 9.18 Å². The van der Waals surface area contributed by atoms with Crippen LogP contribution in [0.25, 0.3) is 0 Å². The third-order valence-electron chi connectivity index (χ3n) is 2.86. The maximum absolute atomic E-state index is 13.7. The molecule has 0 unspecified atom stereocenters. The van der Waals surface area contributed by atoms with Crippen LogP contribution in [-0.4, -0.2) is 11.1 Å². The molecule has 106 valence electrons. The molecule has 0 fully saturated rings. The molecule has 0 heterocycles. The van der Waals surface area contributed by atoms with Crippen LogP contribution < -0.4 is 5.32 Å². The number of nitrogens with one attached hydrogen (secondary N) is 1. The summed E-state index contributed by atoms with van der Waals surface area (Å²) in [7, 11) is 0. The van der Waals surface area contributed by atoms with Crippen molar-refractivity contribution in [2.75, 3.05) is 5.32 Å².